The van der Waals surface area contributed by atoms with Crippen molar-refractivity contribution < 1.29 is 28.6 Å². The second-order valence-corrected chi connectivity index (χ2v) is 11.2. The average molecular weight is 628 g/mol. The number of imide groups is 2. The van der Waals surface area contributed by atoms with Gasteiger partial charge in [0.1, 0.15) is 6.04 Å². The number of aromatic nitrogens is 3. The lowest BCUT2D eigenvalue weighted by Crippen LogP contribution is -2.50. The van der Waals surface area contributed by atoms with Gasteiger partial charge in [-0.2, -0.15) is 9.99 Å². The molecule has 4 amide bonds. The number of nitro groups is 1. The second kappa shape index (κ2) is 10.6. The molecule has 8 rings (SSSR count). The van der Waals surface area contributed by atoms with Crippen LogP contribution >= 0.6 is 0 Å². The van der Waals surface area contributed by atoms with Crippen LogP contribution < -0.4 is 4.90 Å². The number of hydrogen-bond acceptors (Lipinski definition) is 11. The van der Waals surface area contributed by atoms with Crippen LogP contribution in [0.4, 0.5) is 11.4 Å². The molecule has 47 heavy (non-hydrogen) atoms. The van der Waals surface area contributed by atoms with Gasteiger partial charge < -0.3 is 4.52 Å². The highest BCUT2D eigenvalue weighted by Crippen LogP contribution is 2.57. The van der Waals surface area contributed by atoms with Crippen LogP contribution in [0.3, 0.4) is 0 Å². The van der Waals surface area contributed by atoms with Gasteiger partial charge in [-0.15, -0.1) is 0 Å². The van der Waals surface area contributed by atoms with Crippen molar-refractivity contribution in [1.82, 2.24) is 25.1 Å². The average Bonchev–Trinajstić information content (AvgIpc) is 3.84. The summed E-state index contributed by atoms with van der Waals surface area (Å²) in [6, 6.07) is 21.0. The number of para-hydroxylation sites is 1. The smallest absolute Gasteiger partial charge is 0.276 e. The molecule has 2 fully saturated rings. The monoisotopic (exact) mass is 627 g/mol. The fourth-order valence-corrected chi connectivity index (χ4v) is 6.76. The third kappa shape index (κ3) is 4.19. The first-order valence-corrected chi connectivity index (χ1v) is 14.5. The highest BCUT2D eigenvalue weighted by atomic mass is 16.6. The lowest BCUT2D eigenvalue weighted by molar-refractivity contribution is -0.385. The van der Waals surface area contributed by atoms with Crippen molar-refractivity contribution >= 4 is 35.0 Å². The van der Waals surface area contributed by atoms with Gasteiger partial charge in [-0.3, -0.25) is 34.3 Å². The SMILES string of the molecule is O=C1C2C(C(=O)N1c1ccccc1)C(c1nc(-c3cccnc3)no1)N(N1C(=O)c3ccccc3C1=O)C2c1cccc([N+](=O)[O-])c1. The van der Waals surface area contributed by atoms with E-state index < -0.39 is 52.5 Å². The molecule has 14 heteroatoms. The number of nitro benzene ring substituents is 1. The second-order valence-electron chi connectivity index (χ2n) is 11.2. The number of rotatable bonds is 6. The molecule has 2 aromatic heterocycles. The largest absolute Gasteiger partial charge is 0.337 e. The molecule has 4 unspecified atom stereocenters. The van der Waals surface area contributed by atoms with E-state index >= 15 is 0 Å². The first-order valence-electron chi connectivity index (χ1n) is 14.5. The molecule has 0 saturated carbocycles. The molecule has 5 aromatic rings. The van der Waals surface area contributed by atoms with Gasteiger partial charge in [0.15, 0.2) is 0 Å². The summed E-state index contributed by atoms with van der Waals surface area (Å²) in [5, 5.41) is 18.2. The van der Waals surface area contributed by atoms with Crippen LogP contribution in [0.2, 0.25) is 0 Å². The van der Waals surface area contributed by atoms with Gasteiger partial charge in [-0.25, -0.2) is 9.91 Å². The van der Waals surface area contributed by atoms with Crippen molar-refractivity contribution in [2.75, 3.05) is 4.90 Å². The number of anilines is 1. The van der Waals surface area contributed by atoms with Crippen LogP contribution in [0.15, 0.2) is 108 Å². The molecule has 3 aliphatic rings. The number of amides is 4. The fourth-order valence-electron chi connectivity index (χ4n) is 6.76. The van der Waals surface area contributed by atoms with E-state index in [1.54, 1.807) is 66.9 Å². The maximum absolute atomic E-state index is 14.4. The first-order chi connectivity index (χ1) is 22.8. The Morgan fingerprint density at radius 1 is 0.766 bits per heavy atom. The van der Waals surface area contributed by atoms with Crippen molar-refractivity contribution in [2.24, 2.45) is 11.8 Å². The van der Waals surface area contributed by atoms with Gasteiger partial charge in [0.05, 0.1) is 39.6 Å². The topological polar surface area (TPSA) is 173 Å². The van der Waals surface area contributed by atoms with Crippen molar-refractivity contribution in [1.29, 1.82) is 0 Å². The number of carbonyl (C=O) groups is 4. The number of hydrazine groups is 1. The fraction of sp³-hybridized carbons (Fsp3) is 0.121. The number of nitrogens with zero attached hydrogens (tertiary/aromatic N) is 7. The molecule has 0 spiro atoms. The van der Waals surface area contributed by atoms with Crippen molar-refractivity contribution in [3.8, 4) is 11.4 Å². The van der Waals surface area contributed by atoms with Crippen LogP contribution in [-0.4, -0.2) is 53.7 Å². The Labute approximate surface area is 265 Å². The maximum atomic E-state index is 14.4. The number of carbonyl (C=O) groups excluding carboxylic acids is 4. The summed E-state index contributed by atoms with van der Waals surface area (Å²) in [5.41, 5.74) is 1.02. The van der Waals surface area contributed by atoms with E-state index in [-0.39, 0.29) is 34.1 Å². The zero-order valence-electron chi connectivity index (χ0n) is 24.1. The molecule has 230 valence electrons. The zero-order chi connectivity index (χ0) is 32.4. The van der Waals surface area contributed by atoms with Crippen LogP contribution in [0.25, 0.3) is 11.4 Å². The molecular weight excluding hydrogens is 606 g/mol. The molecule has 3 aromatic carbocycles. The summed E-state index contributed by atoms with van der Waals surface area (Å²) in [4.78, 5) is 77.9. The minimum absolute atomic E-state index is 0.122. The Kier molecular flexibility index (Phi) is 6.33. The van der Waals surface area contributed by atoms with Gasteiger partial charge in [-0.05, 0) is 42.0 Å². The Hall–Kier alpha value is -6.41. The highest BCUT2D eigenvalue weighted by molar-refractivity contribution is 6.24. The summed E-state index contributed by atoms with van der Waals surface area (Å²) in [7, 11) is 0. The van der Waals surface area contributed by atoms with Crippen LogP contribution in [0.1, 0.15) is 44.3 Å². The summed E-state index contributed by atoms with van der Waals surface area (Å²) in [5.74, 6) is -5.09. The molecule has 0 bridgehead atoms. The van der Waals surface area contributed by atoms with E-state index in [1.807, 2.05) is 0 Å². The summed E-state index contributed by atoms with van der Waals surface area (Å²) in [6.45, 7) is 0. The van der Waals surface area contributed by atoms with Gasteiger partial charge in [0.2, 0.25) is 23.5 Å². The standard InChI is InChI=1S/C33H21N7O7/c41-30-22-13-4-5-14-23(22)31(42)39(30)38-26(18-8-6-12-21(16-18)40(45)46)24-25(33(44)37(32(24)43)20-10-2-1-3-11-20)27(38)29-35-28(36-47-29)19-9-7-15-34-17-19/h1-17,24-27H. The van der Waals surface area contributed by atoms with Crippen molar-refractivity contribution in [3.63, 3.8) is 0 Å². The molecule has 4 atom stereocenters. The highest BCUT2D eigenvalue weighted by Gasteiger charge is 2.67. The van der Waals surface area contributed by atoms with Crippen LogP contribution in [0.5, 0.6) is 0 Å². The summed E-state index contributed by atoms with van der Waals surface area (Å²) in [6.07, 6.45) is 3.09. The van der Waals surface area contributed by atoms with E-state index in [0.717, 1.165) is 9.91 Å². The molecule has 5 heterocycles. The molecule has 2 saturated heterocycles. The Bertz CT molecular complexity index is 2080. The van der Waals surface area contributed by atoms with Crippen LogP contribution in [0, 0.1) is 22.0 Å². The Morgan fingerprint density at radius 3 is 2.11 bits per heavy atom. The number of fused-ring (bicyclic) bond motifs is 2. The third-order valence-corrected chi connectivity index (χ3v) is 8.70. The first kappa shape index (κ1) is 28.1. The number of benzene rings is 3. The Balaban J connectivity index is 1.36. The van der Waals surface area contributed by atoms with E-state index in [2.05, 4.69) is 15.1 Å². The molecule has 3 aliphatic heterocycles. The maximum Gasteiger partial charge on any atom is 0.276 e. The van der Waals surface area contributed by atoms with E-state index in [0.29, 0.717) is 11.3 Å². The van der Waals surface area contributed by atoms with E-state index in [4.69, 9.17) is 4.52 Å². The quantitative estimate of drug-likeness (QED) is 0.150. The summed E-state index contributed by atoms with van der Waals surface area (Å²) < 4.78 is 5.75. The lowest BCUT2D eigenvalue weighted by Gasteiger charge is -2.36. The minimum Gasteiger partial charge on any atom is -0.337 e. The number of non-ortho nitro benzene ring substituents is 1. The van der Waals surface area contributed by atoms with Gasteiger partial charge in [0.25, 0.3) is 17.5 Å². The van der Waals surface area contributed by atoms with Crippen LogP contribution in [-0.2, 0) is 9.59 Å². The van der Waals surface area contributed by atoms with Gasteiger partial charge in [-0.1, -0.05) is 47.6 Å². The van der Waals surface area contributed by atoms with E-state index in [1.165, 1.54) is 41.5 Å². The molecule has 0 radical (unpaired) electrons. The van der Waals surface area contributed by atoms with Crippen molar-refractivity contribution in [3.05, 3.63) is 136 Å². The normalized spacial score (nSPS) is 22.2. The number of hydrogen-bond donors (Lipinski definition) is 0. The predicted molar refractivity (Wildman–Crippen MR) is 161 cm³/mol. The molecule has 0 aliphatic carbocycles. The summed E-state index contributed by atoms with van der Waals surface area (Å²) >= 11 is 0. The lowest BCUT2D eigenvalue weighted by atomic mass is 9.86. The van der Waals surface area contributed by atoms with Crippen molar-refractivity contribution in [2.45, 2.75) is 12.1 Å². The predicted octanol–water partition coefficient (Wildman–Crippen LogP) is 4.15. The number of pyridine rings is 1. The van der Waals surface area contributed by atoms with Gasteiger partial charge in [0, 0.05) is 30.1 Å². The zero-order valence-corrected chi connectivity index (χ0v) is 24.1. The molecule has 14 nitrogen and oxygen atoms in total. The van der Waals surface area contributed by atoms with E-state index in [9.17, 15) is 29.3 Å². The third-order valence-electron chi connectivity index (χ3n) is 8.70. The minimum atomic E-state index is -1.31. The molecular formula is C33H21N7O7. The Morgan fingerprint density at radius 2 is 1.45 bits per heavy atom. The van der Waals surface area contributed by atoms with Gasteiger partial charge >= 0.3 is 0 Å². The molecule has 0 N–H and O–H groups in total.